The van der Waals surface area contributed by atoms with Crippen molar-refractivity contribution in [1.29, 1.82) is 0 Å². The highest BCUT2D eigenvalue weighted by atomic mass is 35.5. The molecule has 90 valence electrons. The lowest BCUT2D eigenvalue weighted by Crippen LogP contribution is -1.97. The van der Waals surface area contributed by atoms with E-state index in [2.05, 4.69) is 4.98 Å². The fourth-order valence-electron chi connectivity index (χ4n) is 1.46. The molecule has 0 aliphatic rings. The number of nitrogens with zero attached hydrogens (tertiary/aromatic N) is 2. The average molecular weight is 269 g/mol. The first-order valence-corrected chi connectivity index (χ1v) is 6.56. The van der Waals surface area contributed by atoms with Gasteiger partial charge in [0, 0.05) is 17.8 Å². The van der Waals surface area contributed by atoms with Crippen LogP contribution in [0.2, 0.25) is 5.02 Å². The fraction of sp³-hybridized carbons (Fsp3) is 0.250. The van der Waals surface area contributed by atoms with Gasteiger partial charge in [0.05, 0.1) is 18.5 Å². The largest absolute Gasteiger partial charge is 0.390 e. The molecule has 0 amide bonds. The zero-order chi connectivity index (χ0) is 12.3. The molecule has 0 bridgehead atoms. The van der Waals surface area contributed by atoms with Gasteiger partial charge in [-0.25, -0.2) is 4.98 Å². The van der Waals surface area contributed by atoms with Crippen molar-refractivity contribution in [2.24, 2.45) is 7.05 Å². The molecule has 0 unspecified atom stereocenters. The Morgan fingerprint density at radius 3 is 2.82 bits per heavy atom. The highest BCUT2D eigenvalue weighted by Crippen LogP contribution is 2.25. The average Bonchev–Trinajstić information content (AvgIpc) is 2.69. The zero-order valence-corrected chi connectivity index (χ0v) is 11.0. The molecular weight excluding hydrogens is 256 g/mol. The van der Waals surface area contributed by atoms with E-state index in [9.17, 15) is 0 Å². The number of benzene rings is 1. The Labute approximate surface area is 109 Å². The van der Waals surface area contributed by atoms with Crippen LogP contribution in [-0.4, -0.2) is 14.7 Å². The molecule has 0 saturated carbocycles. The molecule has 5 heteroatoms. The lowest BCUT2D eigenvalue weighted by Gasteiger charge is -2.05. The minimum absolute atomic E-state index is 0.0101. The summed E-state index contributed by atoms with van der Waals surface area (Å²) in [5.41, 5.74) is 1.90. The van der Waals surface area contributed by atoms with Crippen molar-refractivity contribution in [2.45, 2.75) is 17.5 Å². The molecule has 1 aromatic carbocycles. The molecule has 1 heterocycles. The second-order valence-corrected chi connectivity index (χ2v) is 4.98. The highest BCUT2D eigenvalue weighted by molar-refractivity contribution is 7.98. The molecule has 0 saturated heterocycles. The van der Waals surface area contributed by atoms with E-state index in [1.54, 1.807) is 18.0 Å². The van der Waals surface area contributed by atoms with Crippen LogP contribution in [0.15, 0.2) is 35.6 Å². The van der Waals surface area contributed by atoms with Gasteiger partial charge in [-0.1, -0.05) is 41.6 Å². The predicted molar refractivity (Wildman–Crippen MR) is 70.1 cm³/mol. The fourth-order valence-corrected chi connectivity index (χ4v) is 2.72. The van der Waals surface area contributed by atoms with Crippen molar-refractivity contribution in [1.82, 2.24) is 9.55 Å². The Hall–Kier alpha value is -0.970. The van der Waals surface area contributed by atoms with Crippen LogP contribution in [0.4, 0.5) is 0 Å². The zero-order valence-electron chi connectivity index (χ0n) is 9.43. The molecule has 0 aliphatic carbocycles. The van der Waals surface area contributed by atoms with Crippen molar-refractivity contribution >= 4 is 23.4 Å². The van der Waals surface area contributed by atoms with E-state index in [0.717, 1.165) is 27.2 Å². The van der Waals surface area contributed by atoms with Crippen molar-refractivity contribution in [3.63, 3.8) is 0 Å². The van der Waals surface area contributed by atoms with E-state index in [4.69, 9.17) is 16.7 Å². The first kappa shape index (κ1) is 12.5. The Morgan fingerprint density at radius 1 is 1.41 bits per heavy atom. The highest BCUT2D eigenvalue weighted by Gasteiger charge is 2.07. The van der Waals surface area contributed by atoms with Gasteiger partial charge in [-0.05, 0) is 11.6 Å². The molecular formula is C12H13ClN2OS. The Morgan fingerprint density at radius 2 is 2.18 bits per heavy atom. The van der Waals surface area contributed by atoms with Crippen LogP contribution in [0.5, 0.6) is 0 Å². The van der Waals surface area contributed by atoms with E-state index in [-0.39, 0.29) is 6.61 Å². The van der Waals surface area contributed by atoms with Gasteiger partial charge >= 0.3 is 0 Å². The van der Waals surface area contributed by atoms with Crippen molar-refractivity contribution in [3.05, 3.63) is 46.7 Å². The quantitative estimate of drug-likeness (QED) is 0.867. The summed E-state index contributed by atoms with van der Waals surface area (Å²) in [7, 11) is 1.90. The monoisotopic (exact) mass is 268 g/mol. The third-order valence-corrected chi connectivity index (χ3v) is 3.98. The molecule has 2 rings (SSSR count). The Balaban J connectivity index is 2.07. The van der Waals surface area contributed by atoms with Gasteiger partial charge < -0.3 is 9.67 Å². The summed E-state index contributed by atoms with van der Waals surface area (Å²) in [6.45, 7) is 0.0101. The molecule has 0 spiro atoms. The van der Waals surface area contributed by atoms with Crippen LogP contribution in [0.3, 0.4) is 0 Å². The maximum Gasteiger partial charge on any atom is 0.168 e. The number of hydrogen-bond acceptors (Lipinski definition) is 3. The van der Waals surface area contributed by atoms with Crippen LogP contribution < -0.4 is 0 Å². The number of aliphatic hydroxyl groups is 1. The van der Waals surface area contributed by atoms with Crippen LogP contribution in [0, 0.1) is 0 Å². The number of rotatable bonds is 4. The Kier molecular flexibility index (Phi) is 4.10. The maximum absolute atomic E-state index is 9.07. The molecule has 3 nitrogen and oxygen atoms in total. The smallest absolute Gasteiger partial charge is 0.168 e. The Bertz CT molecular complexity index is 513. The summed E-state index contributed by atoms with van der Waals surface area (Å²) in [4.78, 5) is 4.25. The lowest BCUT2D eigenvalue weighted by atomic mass is 10.2. The minimum atomic E-state index is 0.0101. The molecule has 1 aromatic heterocycles. The van der Waals surface area contributed by atoms with Gasteiger partial charge in [0.1, 0.15) is 0 Å². The predicted octanol–water partition coefficient (Wildman–Crippen LogP) is 2.86. The van der Waals surface area contributed by atoms with Crippen LogP contribution >= 0.6 is 23.4 Å². The number of thioether (sulfide) groups is 1. The van der Waals surface area contributed by atoms with Crippen LogP contribution in [0.25, 0.3) is 0 Å². The maximum atomic E-state index is 9.07. The summed E-state index contributed by atoms with van der Waals surface area (Å²) in [6.07, 6.45) is 1.69. The standard InChI is InChI=1S/C12H13ClN2OS/c1-15-10(7-16)6-14-12(15)17-8-9-4-2-3-5-11(9)13/h2-6,16H,7-8H2,1H3. The minimum Gasteiger partial charge on any atom is -0.390 e. The summed E-state index contributed by atoms with van der Waals surface area (Å²) >= 11 is 7.69. The summed E-state index contributed by atoms with van der Waals surface area (Å²) in [5.74, 6) is 0.773. The van der Waals surface area contributed by atoms with Crippen LogP contribution in [0.1, 0.15) is 11.3 Å². The molecule has 0 atom stereocenters. The van der Waals surface area contributed by atoms with Gasteiger partial charge in [0.15, 0.2) is 5.16 Å². The van der Waals surface area contributed by atoms with E-state index in [1.165, 1.54) is 0 Å². The van der Waals surface area contributed by atoms with E-state index in [0.29, 0.717) is 0 Å². The third kappa shape index (κ3) is 2.83. The molecule has 0 aliphatic heterocycles. The molecule has 0 radical (unpaired) electrons. The second-order valence-electron chi connectivity index (χ2n) is 3.63. The van der Waals surface area contributed by atoms with E-state index < -0.39 is 0 Å². The number of hydrogen-bond donors (Lipinski definition) is 1. The van der Waals surface area contributed by atoms with Crippen molar-refractivity contribution < 1.29 is 5.11 Å². The molecule has 0 fully saturated rings. The number of imidazole rings is 1. The molecule has 17 heavy (non-hydrogen) atoms. The lowest BCUT2D eigenvalue weighted by molar-refractivity contribution is 0.271. The van der Waals surface area contributed by atoms with Gasteiger partial charge in [-0.2, -0.15) is 0 Å². The van der Waals surface area contributed by atoms with Crippen molar-refractivity contribution in [3.8, 4) is 0 Å². The second kappa shape index (κ2) is 5.58. The summed E-state index contributed by atoms with van der Waals surface area (Å²) < 4.78 is 1.89. The van der Waals surface area contributed by atoms with Gasteiger partial charge in [-0.15, -0.1) is 0 Å². The number of aliphatic hydroxyl groups excluding tert-OH is 1. The van der Waals surface area contributed by atoms with Crippen LogP contribution in [-0.2, 0) is 19.4 Å². The molecule has 1 N–H and O–H groups in total. The first-order chi connectivity index (χ1) is 8.22. The molecule has 2 aromatic rings. The van der Waals surface area contributed by atoms with Gasteiger partial charge in [-0.3, -0.25) is 0 Å². The first-order valence-electron chi connectivity index (χ1n) is 5.20. The topological polar surface area (TPSA) is 38.0 Å². The summed E-state index contributed by atoms with van der Waals surface area (Å²) in [5, 5.41) is 10.7. The number of halogens is 1. The van der Waals surface area contributed by atoms with Gasteiger partial charge in [0.2, 0.25) is 0 Å². The summed E-state index contributed by atoms with van der Waals surface area (Å²) in [6, 6.07) is 7.78. The number of aromatic nitrogens is 2. The van der Waals surface area contributed by atoms with Gasteiger partial charge in [0.25, 0.3) is 0 Å². The third-order valence-electron chi connectivity index (χ3n) is 2.52. The van der Waals surface area contributed by atoms with Crippen molar-refractivity contribution in [2.75, 3.05) is 0 Å². The normalized spacial score (nSPS) is 10.8. The van der Waals surface area contributed by atoms with E-state index >= 15 is 0 Å². The SMILES string of the molecule is Cn1c(CO)cnc1SCc1ccccc1Cl. The van der Waals surface area contributed by atoms with E-state index in [1.807, 2.05) is 35.9 Å².